The Kier molecular flexibility index (Phi) is 9.15. The molecule has 0 radical (unpaired) electrons. The fraction of sp³-hybridized carbons (Fsp3) is 0.727. The van der Waals surface area contributed by atoms with E-state index in [0.29, 0.717) is 13.0 Å². The highest BCUT2D eigenvalue weighted by Gasteiger charge is 2.07. The largest absolute Gasteiger partial charge is 0.481 e. The highest BCUT2D eigenvalue weighted by molar-refractivity contribution is 5.75. The van der Waals surface area contributed by atoms with Crippen LogP contribution in [-0.2, 0) is 14.3 Å². The fourth-order valence-electron chi connectivity index (χ4n) is 1.21. The van der Waals surface area contributed by atoms with E-state index in [1.54, 1.807) is 0 Å². The molecule has 1 unspecified atom stereocenters. The third-order valence-corrected chi connectivity index (χ3v) is 2.24. The normalized spacial score (nSPS) is 11.6. The van der Waals surface area contributed by atoms with Gasteiger partial charge < -0.3 is 26.2 Å². The lowest BCUT2D eigenvalue weighted by molar-refractivity contribution is -0.137. The first-order valence-electron chi connectivity index (χ1n) is 6.01. The number of carbonyl (C=O) groups is 3. The molecule has 0 aliphatic rings. The Morgan fingerprint density at radius 2 is 2.00 bits per heavy atom. The van der Waals surface area contributed by atoms with Crippen LogP contribution in [0, 0.1) is 5.92 Å². The van der Waals surface area contributed by atoms with Crippen LogP contribution in [-0.4, -0.2) is 49.3 Å². The molecule has 110 valence electrons. The van der Waals surface area contributed by atoms with Crippen LogP contribution in [0.5, 0.6) is 0 Å². The minimum Gasteiger partial charge on any atom is -0.481 e. The summed E-state index contributed by atoms with van der Waals surface area (Å²) in [5.74, 6) is -1.31. The first kappa shape index (κ1) is 17.2. The van der Waals surface area contributed by atoms with Gasteiger partial charge in [0.2, 0.25) is 5.91 Å². The Morgan fingerprint density at radius 3 is 2.58 bits per heavy atom. The van der Waals surface area contributed by atoms with Gasteiger partial charge in [-0.3, -0.25) is 9.59 Å². The zero-order valence-electron chi connectivity index (χ0n) is 11.0. The van der Waals surface area contributed by atoms with Gasteiger partial charge in [-0.1, -0.05) is 6.92 Å². The van der Waals surface area contributed by atoms with E-state index in [1.807, 2.05) is 6.92 Å². The van der Waals surface area contributed by atoms with Crippen molar-refractivity contribution in [3.05, 3.63) is 0 Å². The molecule has 0 aromatic rings. The van der Waals surface area contributed by atoms with Gasteiger partial charge in [0.05, 0.1) is 6.61 Å². The predicted octanol–water partition coefficient (Wildman–Crippen LogP) is -0.712. The van der Waals surface area contributed by atoms with Crippen LogP contribution in [0.2, 0.25) is 0 Å². The molecular formula is C11H21N3O5. The number of carboxylic acid groups (broad SMARTS) is 1. The number of aliphatic carboxylic acids is 1. The third-order valence-electron chi connectivity index (χ3n) is 2.24. The molecule has 0 aromatic carbocycles. The minimum absolute atomic E-state index is 0.0887. The van der Waals surface area contributed by atoms with Gasteiger partial charge in [0, 0.05) is 19.5 Å². The van der Waals surface area contributed by atoms with Crippen molar-refractivity contribution in [2.24, 2.45) is 11.7 Å². The first-order valence-corrected chi connectivity index (χ1v) is 6.01. The quantitative estimate of drug-likeness (QED) is 0.391. The summed E-state index contributed by atoms with van der Waals surface area (Å²) in [4.78, 5) is 32.0. The van der Waals surface area contributed by atoms with Gasteiger partial charge in [-0.2, -0.15) is 0 Å². The molecule has 3 amide bonds. The summed E-state index contributed by atoms with van der Waals surface area (Å²) in [7, 11) is 0. The minimum atomic E-state index is -0.845. The van der Waals surface area contributed by atoms with E-state index in [9.17, 15) is 14.4 Å². The van der Waals surface area contributed by atoms with Gasteiger partial charge >= 0.3 is 12.0 Å². The highest BCUT2D eigenvalue weighted by atomic mass is 16.5. The number of hydrogen-bond donors (Lipinski definition) is 4. The maximum atomic E-state index is 11.3. The van der Waals surface area contributed by atoms with Crippen LogP contribution >= 0.6 is 0 Å². The summed E-state index contributed by atoms with van der Waals surface area (Å²) in [5.41, 5.74) is 4.86. The van der Waals surface area contributed by atoms with Crippen molar-refractivity contribution in [1.29, 1.82) is 0 Å². The van der Waals surface area contributed by atoms with Gasteiger partial charge in [-0.25, -0.2) is 4.79 Å². The van der Waals surface area contributed by atoms with Gasteiger partial charge in [0.15, 0.2) is 0 Å². The second-order valence-electron chi connectivity index (χ2n) is 4.19. The number of primary amides is 1. The molecule has 0 aliphatic heterocycles. The standard InChI is InChI=1S/C11H21N3O5/c1-8(2-3-10(16)17)6-14-11(18)13-4-5-19-7-9(12)15/h8H,2-7H2,1H3,(H2,12,15)(H,16,17)(H2,13,14,18). The zero-order chi connectivity index (χ0) is 14.7. The summed E-state index contributed by atoms with van der Waals surface area (Å²) in [6.07, 6.45) is 0.600. The molecule has 0 rings (SSSR count). The lowest BCUT2D eigenvalue weighted by Gasteiger charge is -2.12. The van der Waals surface area contributed by atoms with E-state index >= 15 is 0 Å². The van der Waals surface area contributed by atoms with E-state index in [2.05, 4.69) is 10.6 Å². The zero-order valence-corrected chi connectivity index (χ0v) is 11.0. The molecule has 0 fully saturated rings. The summed E-state index contributed by atoms with van der Waals surface area (Å²) in [5, 5.41) is 13.6. The Morgan fingerprint density at radius 1 is 1.32 bits per heavy atom. The van der Waals surface area contributed by atoms with E-state index in [1.165, 1.54) is 0 Å². The Balaban J connectivity index is 3.48. The van der Waals surface area contributed by atoms with E-state index in [4.69, 9.17) is 15.6 Å². The van der Waals surface area contributed by atoms with Crippen molar-refractivity contribution in [3.63, 3.8) is 0 Å². The van der Waals surface area contributed by atoms with Crippen LogP contribution in [0.15, 0.2) is 0 Å². The monoisotopic (exact) mass is 275 g/mol. The van der Waals surface area contributed by atoms with Crippen molar-refractivity contribution in [2.45, 2.75) is 19.8 Å². The van der Waals surface area contributed by atoms with E-state index in [-0.39, 0.29) is 38.1 Å². The number of nitrogens with two attached hydrogens (primary N) is 1. The van der Waals surface area contributed by atoms with Crippen LogP contribution < -0.4 is 16.4 Å². The molecular weight excluding hydrogens is 254 g/mol. The lowest BCUT2D eigenvalue weighted by atomic mass is 10.1. The summed E-state index contributed by atoms with van der Waals surface area (Å²) in [6.45, 7) is 2.56. The van der Waals surface area contributed by atoms with Crippen LogP contribution in [0.25, 0.3) is 0 Å². The SMILES string of the molecule is CC(CCC(=O)O)CNC(=O)NCCOCC(N)=O. The maximum absolute atomic E-state index is 11.3. The van der Waals surface area contributed by atoms with E-state index < -0.39 is 11.9 Å². The molecule has 0 saturated carbocycles. The number of carbonyl (C=O) groups excluding carboxylic acids is 2. The Labute approximate surface area is 111 Å². The van der Waals surface area contributed by atoms with Crippen LogP contribution in [0.4, 0.5) is 4.79 Å². The third kappa shape index (κ3) is 12.4. The number of nitrogens with one attached hydrogen (secondary N) is 2. The smallest absolute Gasteiger partial charge is 0.314 e. The number of urea groups is 1. The molecule has 8 nitrogen and oxygen atoms in total. The van der Waals surface area contributed by atoms with E-state index in [0.717, 1.165) is 0 Å². The Hall–Kier alpha value is -1.83. The highest BCUT2D eigenvalue weighted by Crippen LogP contribution is 2.03. The summed E-state index contributed by atoms with van der Waals surface area (Å²) >= 11 is 0. The van der Waals surface area contributed by atoms with Crippen molar-refractivity contribution in [2.75, 3.05) is 26.3 Å². The maximum Gasteiger partial charge on any atom is 0.314 e. The van der Waals surface area contributed by atoms with Crippen molar-refractivity contribution >= 4 is 17.9 Å². The summed E-state index contributed by atoms with van der Waals surface area (Å²) in [6, 6.07) is -0.357. The average molecular weight is 275 g/mol. The number of amides is 3. The summed E-state index contributed by atoms with van der Waals surface area (Å²) < 4.78 is 4.85. The molecule has 0 aromatic heterocycles. The van der Waals surface area contributed by atoms with Crippen molar-refractivity contribution in [3.8, 4) is 0 Å². The first-order chi connectivity index (χ1) is 8.91. The molecule has 8 heteroatoms. The molecule has 19 heavy (non-hydrogen) atoms. The number of hydrogen-bond acceptors (Lipinski definition) is 4. The van der Waals surface area contributed by atoms with Crippen molar-refractivity contribution in [1.82, 2.24) is 10.6 Å². The molecule has 0 bridgehead atoms. The molecule has 0 spiro atoms. The number of ether oxygens (including phenoxy) is 1. The van der Waals surface area contributed by atoms with Gasteiger partial charge in [0.1, 0.15) is 6.61 Å². The molecule has 0 saturated heterocycles. The topological polar surface area (TPSA) is 131 Å². The Bertz CT molecular complexity index is 309. The van der Waals surface area contributed by atoms with Crippen LogP contribution in [0.3, 0.4) is 0 Å². The van der Waals surface area contributed by atoms with Gasteiger partial charge in [-0.15, -0.1) is 0 Å². The van der Waals surface area contributed by atoms with Gasteiger partial charge in [-0.05, 0) is 12.3 Å². The lowest BCUT2D eigenvalue weighted by Crippen LogP contribution is -2.39. The second-order valence-corrected chi connectivity index (χ2v) is 4.19. The number of carboxylic acids is 1. The molecule has 5 N–H and O–H groups in total. The number of rotatable bonds is 10. The molecule has 0 aliphatic carbocycles. The average Bonchev–Trinajstić information content (AvgIpc) is 2.33. The second kappa shape index (κ2) is 10.1. The van der Waals surface area contributed by atoms with Crippen molar-refractivity contribution < 1.29 is 24.2 Å². The predicted molar refractivity (Wildman–Crippen MR) is 67.4 cm³/mol. The fourth-order valence-corrected chi connectivity index (χ4v) is 1.21. The molecule has 0 heterocycles. The van der Waals surface area contributed by atoms with Gasteiger partial charge in [0.25, 0.3) is 0 Å². The molecule has 1 atom stereocenters. The van der Waals surface area contributed by atoms with Crippen LogP contribution in [0.1, 0.15) is 19.8 Å².